The summed E-state index contributed by atoms with van der Waals surface area (Å²) in [6, 6.07) is 0. The van der Waals surface area contributed by atoms with Crippen molar-refractivity contribution < 1.29 is 14.6 Å². The van der Waals surface area contributed by atoms with Crippen LogP contribution < -0.4 is 5.73 Å². The Kier molecular flexibility index (Phi) is 8.18. The van der Waals surface area contributed by atoms with Crippen molar-refractivity contribution in [3.63, 3.8) is 0 Å². The molecule has 3 N–H and O–H groups in total. The molecule has 0 radical (unpaired) electrons. The van der Waals surface area contributed by atoms with E-state index in [1.54, 1.807) is 7.11 Å². The van der Waals surface area contributed by atoms with Gasteiger partial charge in [0.05, 0.1) is 0 Å². The van der Waals surface area contributed by atoms with Gasteiger partial charge in [-0.25, -0.2) is 0 Å². The normalized spacial score (nSPS) is 12.8. The fraction of sp³-hybridized carbons (Fsp3) is 0.875. The minimum Gasteiger partial charge on any atom is -0.480 e. The van der Waals surface area contributed by atoms with Gasteiger partial charge in [0, 0.05) is 13.7 Å². The van der Waals surface area contributed by atoms with Gasteiger partial charge in [-0.05, 0) is 25.1 Å². The summed E-state index contributed by atoms with van der Waals surface area (Å²) in [5.41, 5.74) is 5.30. The Balaban J connectivity index is 3.51. The van der Waals surface area contributed by atoms with Gasteiger partial charge in [0.2, 0.25) is 0 Å². The van der Waals surface area contributed by atoms with Crippen LogP contribution in [0.25, 0.3) is 0 Å². The second-order valence-electron chi connectivity index (χ2n) is 2.62. The van der Waals surface area contributed by atoms with E-state index in [0.29, 0.717) is 19.6 Å². The lowest BCUT2D eigenvalue weighted by Gasteiger charge is -2.09. The monoisotopic (exact) mass is 207 g/mol. The molecule has 0 aliphatic carbocycles. The Morgan fingerprint density at radius 2 is 2.38 bits per heavy atom. The second kappa shape index (κ2) is 8.34. The molecule has 4 nitrogen and oxygen atoms in total. The standard InChI is InChI=1S/C8H17NO3S/c1-12-5-2-6-13-7(3-4-9)8(10)11/h7H,2-6,9H2,1H3,(H,10,11). The highest BCUT2D eigenvalue weighted by molar-refractivity contribution is 8.00. The Bertz CT molecular complexity index is 143. The molecule has 1 unspecified atom stereocenters. The molecule has 0 saturated heterocycles. The third-order valence-electron chi connectivity index (χ3n) is 1.52. The van der Waals surface area contributed by atoms with E-state index in [4.69, 9.17) is 15.6 Å². The zero-order valence-electron chi connectivity index (χ0n) is 7.86. The number of nitrogens with two attached hydrogens (primary N) is 1. The predicted molar refractivity (Wildman–Crippen MR) is 54.0 cm³/mol. The molecular weight excluding hydrogens is 190 g/mol. The van der Waals surface area contributed by atoms with E-state index in [2.05, 4.69) is 0 Å². The quantitative estimate of drug-likeness (QED) is 0.569. The van der Waals surface area contributed by atoms with E-state index >= 15 is 0 Å². The Morgan fingerprint density at radius 3 is 2.85 bits per heavy atom. The summed E-state index contributed by atoms with van der Waals surface area (Å²) < 4.78 is 4.86. The fourth-order valence-electron chi connectivity index (χ4n) is 0.858. The number of ether oxygens (including phenoxy) is 1. The van der Waals surface area contributed by atoms with Crippen molar-refractivity contribution >= 4 is 17.7 Å². The van der Waals surface area contributed by atoms with Gasteiger partial charge >= 0.3 is 5.97 Å². The van der Waals surface area contributed by atoms with Crippen molar-refractivity contribution in [3.05, 3.63) is 0 Å². The van der Waals surface area contributed by atoms with Crippen molar-refractivity contribution in [2.75, 3.05) is 26.0 Å². The maximum atomic E-state index is 10.6. The number of carboxylic acids is 1. The Hall–Kier alpha value is -0.260. The van der Waals surface area contributed by atoms with Crippen LogP contribution in [0.5, 0.6) is 0 Å². The first-order valence-electron chi connectivity index (χ1n) is 4.25. The van der Waals surface area contributed by atoms with E-state index in [9.17, 15) is 4.79 Å². The summed E-state index contributed by atoms with van der Waals surface area (Å²) in [5, 5.41) is 8.39. The second-order valence-corrected chi connectivity index (χ2v) is 3.93. The van der Waals surface area contributed by atoms with Gasteiger partial charge in [0.15, 0.2) is 0 Å². The van der Waals surface area contributed by atoms with Gasteiger partial charge in [0.1, 0.15) is 5.25 Å². The van der Waals surface area contributed by atoms with Crippen LogP contribution >= 0.6 is 11.8 Å². The van der Waals surface area contributed by atoms with Crippen LogP contribution in [0.1, 0.15) is 12.8 Å². The lowest BCUT2D eigenvalue weighted by atomic mass is 10.3. The molecule has 0 aliphatic rings. The van der Waals surface area contributed by atoms with Crippen LogP contribution in [0.4, 0.5) is 0 Å². The van der Waals surface area contributed by atoms with Crippen molar-refractivity contribution in [2.24, 2.45) is 5.73 Å². The van der Waals surface area contributed by atoms with Gasteiger partial charge in [-0.1, -0.05) is 0 Å². The lowest BCUT2D eigenvalue weighted by Crippen LogP contribution is -2.20. The zero-order chi connectivity index (χ0) is 10.1. The predicted octanol–water partition coefficient (Wildman–Crippen LogP) is 0.558. The van der Waals surface area contributed by atoms with E-state index < -0.39 is 5.97 Å². The number of aliphatic carboxylic acids is 1. The average molecular weight is 207 g/mol. The molecule has 0 aromatic carbocycles. The molecule has 0 spiro atoms. The molecule has 0 aliphatic heterocycles. The van der Waals surface area contributed by atoms with Gasteiger partial charge in [-0.3, -0.25) is 4.79 Å². The van der Waals surface area contributed by atoms with Crippen molar-refractivity contribution in [1.29, 1.82) is 0 Å². The van der Waals surface area contributed by atoms with E-state index in [0.717, 1.165) is 12.2 Å². The fourth-order valence-corrected chi connectivity index (χ4v) is 1.87. The highest BCUT2D eigenvalue weighted by Gasteiger charge is 2.15. The molecule has 0 amide bonds. The molecule has 0 saturated carbocycles. The molecule has 0 bridgehead atoms. The molecule has 1 atom stereocenters. The highest BCUT2D eigenvalue weighted by Crippen LogP contribution is 2.15. The summed E-state index contributed by atoms with van der Waals surface area (Å²) in [7, 11) is 1.64. The highest BCUT2D eigenvalue weighted by atomic mass is 32.2. The van der Waals surface area contributed by atoms with E-state index in [1.165, 1.54) is 11.8 Å². The zero-order valence-corrected chi connectivity index (χ0v) is 8.68. The molecule has 0 fully saturated rings. The Morgan fingerprint density at radius 1 is 1.69 bits per heavy atom. The molecule has 5 heteroatoms. The Labute approximate surface area is 82.8 Å². The SMILES string of the molecule is COCCCSC(CCN)C(=O)O. The van der Waals surface area contributed by atoms with Gasteiger partial charge < -0.3 is 15.6 Å². The van der Waals surface area contributed by atoms with Crippen LogP contribution in [0.2, 0.25) is 0 Å². The van der Waals surface area contributed by atoms with Gasteiger partial charge in [-0.2, -0.15) is 0 Å². The third-order valence-corrected chi connectivity index (χ3v) is 2.88. The minimum atomic E-state index is -0.770. The molecule has 13 heavy (non-hydrogen) atoms. The summed E-state index contributed by atoms with van der Waals surface area (Å²) >= 11 is 1.43. The number of hydrogen-bond acceptors (Lipinski definition) is 4. The van der Waals surface area contributed by atoms with E-state index in [1.807, 2.05) is 0 Å². The number of methoxy groups -OCH3 is 1. The van der Waals surface area contributed by atoms with Gasteiger partial charge in [0.25, 0.3) is 0 Å². The van der Waals surface area contributed by atoms with Crippen LogP contribution in [0.3, 0.4) is 0 Å². The van der Waals surface area contributed by atoms with Crippen LogP contribution in [-0.2, 0) is 9.53 Å². The summed E-state index contributed by atoms with van der Waals surface area (Å²) in [5.74, 6) is 0.0398. The summed E-state index contributed by atoms with van der Waals surface area (Å²) in [6.07, 6.45) is 1.42. The number of rotatable bonds is 8. The number of carboxylic acid groups (broad SMARTS) is 1. The first-order valence-corrected chi connectivity index (χ1v) is 5.30. The molecule has 0 aromatic heterocycles. The summed E-state index contributed by atoms with van der Waals surface area (Å²) in [4.78, 5) is 10.6. The third kappa shape index (κ3) is 6.86. The largest absolute Gasteiger partial charge is 0.480 e. The average Bonchev–Trinajstić information content (AvgIpc) is 2.10. The van der Waals surface area contributed by atoms with E-state index in [-0.39, 0.29) is 5.25 Å². The van der Waals surface area contributed by atoms with Gasteiger partial charge in [-0.15, -0.1) is 11.8 Å². The molecule has 78 valence electrons. The van der Waals surface area contributed by atoms with Crippen molar-refractivity contribution in [2.45, 2.75) is 18.1 Å². The number of carbonyl (C=O) groups is 1. The van der Waals surface area contributed by atoms with Crippen molar-refractivity contribution in [1.82, 2.24) is 0 Å². The summed E-state index contributed by atoms with van der Waals surface area (Å²) in [6.45, 7) is 1.11. The topological polar surface area (TPSA) is 72.5 Å². The number of thioether (sulfide) groups is 1. The molecular formula is C8H17NO3S. The minimum absolute atomic E-state index is 0.359. The maximum Gasteiger partial charge on any atom is 0.316 e. The first kappa shape index (κ1) is 12.7. The number of hydrogen-bond donors (Lipinski definition) is 2. The van der Waals surface area contributed by atoms with Crippen LogP contribution in [-0.4, -0.2) is 42.3 Å². The lowest BCUT2D eigenvalue weighted by molar-refractivity contribution is -0.136. The maximum absolute atomic E-state index is 10.6. The van der Waals surface area contributed by atoms with Crippen LogP contribution in [0, 0.1) is 0 Å². The van der Waals surface area contributed by atoms with Crippen LogP contribution in [0.15, 0.2) is 0 Å². The molecule has 0 aromatic rings. The smallest absolute Gasteiger partial charge is 0.316 e. The molecule has 0 rings (SSSR count). The molecule has 0 heterocycles. The van der Waals surface area contributed by atoms with Crippen molar-refractivity contribution in [3.8, 4) is 0 Å². The first-order chi connectivity index (χ1) is 6.22.